The quantitative estimate of drug-likeness (QED) is 0.634. The molecule has 0 fully saturated rings. The molecule has 116 valence electrons. The van der Waals surface area contributed by atoms with Crippen LogP contribution in [0.25, 0.3) is 27.8 Å². The van der Waals surface area contributed by atoms with Gasteiger partial charge in [0.25, 0.3) is 0 Å². The Hall–Kier alpha value is -3.00. The summed E-state index contributed by atoms with van der Waals surface area (Å²) in [5.41, 5.74) is 7.15. The largest absolute Gasteiger partial charge is 0.244 e. The molecule has 0 N–H and O–H groups in total. The molecular formula is C22H18N2. The maximum atomic E-state index is 4.17. The van der Waals surface area contributed by atoms with E-state index in [-0.39, 0.29) is 0 Å². The Morgan fingerprint density at radius 3 is 2.08 bits per heavy atom. The summed E-state index contributed by atoms with van der Waals surface area (Å²) in [6.45, 7) is 0. The van der Waals surface area contributed by atoms with Crippen molar-refractivity contribution in [3.05, 3.63) is 91.0 Å². The summed E-state index contributed by atoms with van der Waals surface area (Å²) >= 11 is 0. The van der Waals surface area contributed by atoms with E-state index in [1.165, 1.54) is 22.3 Å². The van der Waals surface area contributed by atoms with Crippen molar-refractivity contribution in [2.75, 3.05) is 0 Å². The van der Waals surface area contributed by atoms with Gasteiger partial charge in [-0.05, 0) is 58.9 Å². The summed E-state index contributed by atoms with van der Waals surface area (Å²) in [7, 11) is 0. The van der Waals surface area contributed by atoms with Crippen LogP contribution in [-0.2, 0) is 0 Å². The van der Waals surface area contributed by atoms with E-state index < -0.39 is 0 Å². The smallest absolute Gasteiger partial charge is 0.115 e. The lowest BCUT2D eigenvalue weighted by molar-refractivity contribution is 1.04. The summed E-state index contributed by atoms with van der Waals surface area (Å²) in [5, 5.41) is 0. The minimum atomic E-state index is 1.04. The van der Waals surface area contributed by atoms with Gasteiger partial charge in [0, 0.05) is 18.0 Å². The van der Waals surface area contributed by atoms with Crippen LogP contribution in [0, 0.1) is 0 Å². The SMILES string of the molecule is C1=CC(c2cc(-c3ccccc3)cc(-c3cncnc3)c2)=CCC1. The highest BCUT2D eigenvalue weighted by atomic mass is 14.8. The van der Waals surface area contributed by atoms with E-state index in [0.29, 0.717) is 0 Å². The van der Waals surface area contributed by atoms with E-state index in [4.69, 9.17) is 0 Å². The van der Waals surface area contributed by atoms with Crippen LogP contribution < -0.4 is 0 Å². The van der Waals surface area contributed by atoms with Gasteiger partial charge in [0.05, 0.1) is 0 Å². The first-order valence-electron chi connectivity index (χ1n) is 8.23. The third-order valence-corrected chi connectivity index (χ3v) is 4.26. The van der Waals surface area contributed by atoms with Crippen LogP contribution in [0.1, 0.15) is 18.4 Å². The second-order valence-electron chi connectivity index (χ2n) is 5.93. The molecular weight excluding hydrogens is 292 g/mol. The molecule has 0 aliphatic heterocycles. The molecule has 0 saturated carbocycles. The van der Waals surface area contributed by atoms with Crippen LogP contribution in [0.3, 0.4) is 0 Å². The van der Waals surface area contributed by atoms with Crippen molar-refractivity contribution in [2.24, 2.45) is 0 Å². The predicted octanol–water partition coefficient (Wildman–Crippen LogP) is 5.54. The Balaban J connectivity index is 1.88. The van der Waals surface area contributed by atoms with Crippen molar-refractivity contribution in [1.29, 1.82) is 0 Å². The van der Waals surface area contributed by atoms with Crippen LogP contribution in [0.4, 0.5) is 0 Å². The van der Waals surface area contributed by atoms with Crippen LogP contribution in [0.5, 0.6) is 0 Å². The predicted molar refractivity (Wildman–Crippen MR) is 99.3 cm³/mol. The minimum absolute atomic E-state index is 1.04. The summed E-state index contributed by atoms with van der Waals surface area (Å²) in [6, 6.07) is 17.2. The van der Waals surface area contributed by atoms with Gasteiger partial charge in [0.1, 0.15) is 6.33 Å². The third-order valence-electron chi connectivity index (χ3n) is 4.26. The molecule has 0 spiro atoms. The molecule has 24 heavy (non-hydrogen) atoms. The van der Waals surface area contributed by atoms with Crippen LogP contribution in [-0.4, -0.2) is 9.97 Å². The van der Waals surface area contributed by atoms with E-state index in [1.807, 2.05) is 18.5 Å². The maximum absolute atomic E-state index is 4.17. The van der Waals surface area contributed by atoms with E-state index in [1.54, 1.807) is 6.33 Å². The Bertz CT molecular complexity index is 836. The molecule has 1 aromatic heterocycles. The molecule has 0 radical (unpaired) electrons. The van der Waals surface area contributed by atoms with Gasteiger partial charge in [-0.1, -0.05) is 48.6 Å². The number of hydrogen-bond donors (Lipinski definition) is 0. The topological polar surface area (TPSA) is 25.8 Å². The highest BCUT2D eigenvalue weighted by molar-refractivity contribution is 5.83. The third kappa shape index (κ3) is 3.04. The molecule has 4 rings (SSSR count). The Kier molecular flexibility index (Phi) is 4.03. The zero-order valence-corrected chi connectivity index (χ0v) is 13.4. The van der Waals surface area contributed by atoms with E-state index in [2.05, 4.69) is 70.7 Å². The maximum Gasteiger partial charge on any atom is 0.115 e. The number of hydrogen-bond acceptors (Lipinski definition) is 2. The molecule has 2 heteroatoms. The molecule has 0 saturated heterocycles. The fraction of sp³-hybridized carbons (Fsp3) is 0.0909. The first-order valence-corrected chi connectivity index (χ1v) is 8.23. The molecule has 2 nitrogen and oxygen atoms in total. The van der Waals surface area contributed by atoms with Crippen molar-refractivity contribution in [3.63, 3.8) is 0 Å². The standard InChI is InChI=1S/C22H18N2/c1-3-7-17(8-4-1)19-11-20(18-9-5-2-6-10-18)13-21(12-19)22-14-23-16-24-15-22/h1,3-5,7-16H,2,6H2. The van der Waals surface area contributed by atoms with Crippen molar-refractivity contribution in [2.45, 2.75) is 12.8 Å². The molecule has 3 aromatic rings. The van der Waals surface area contributed by atoms with Crippen molar-refractivity contribution < 1.29 is 0 Å². The van der Waals surface area contributed by atoms with Crippen LogP contribution in [0.2, 0.25) is 0 Å². The number of rotatable bonds is 3. The van der Waals surface area contributed by atoms with Crippen molar-refractivity contribution in [3.8, 4) is 22.3 Å². The average molecular weight is 310 g/mol. The molecule has 0 unspecified atom stereocenters. The lowest BCUT2D eigenvalue weighted by Crippen LogP contribution is -1.91. The average Bonchev–Trinajstić information content (AvgIpc) is 2.70. The summed E-state index contributed by atoms with van der Waals surface area (Å²) < 4.78 is 0. The van der Waals surface area contributed by atoms with Gasteiger partial charge in [-0.25, -0.2) is 9.97 Å². The lowest BCUT2D eigenvalue weighted by atomic mass is 9.92. The molecule has 1 aliphatic rings. The summed E-state index contributed by atoms with van der Waals surface area (Å²) in [4.78, 5) is 8.33. The Labute approximate surface area is 142 Å². The van der Waals surface area contributed by atoms with Gasteiger partial charge >= 0.3 is 0 Å². The fourth-order valence-corrected chi connectivity index (χ4v) is 3.03. The fourth-order valence-electron chi connectivity index (χ4n) is 3.03. The number of nitrogens with zero attached hydrogens (tertiary/aromatic N) is 2. The van der Waals surface area contributed by atoms with E-state index in [0.717, 1.165) is 24.0 Å². The summed E-state index contributed by atoms with van der Waals surface area (Å²) in [5.74, 6) is 0. The lowest BCUT2D eigenvalue weighted by Gasteiger charge is -2.13. The van der Waals surface area contributed by atoms with Crippen molar-refractivity contribution >= 4 is 5.57 Å². The number of allylic oxidation sites excluding steroid dienone is 4. The van der Waals surface area contributed by atoms with Crippen molar-refractivity contribution in [1.82, 2.24) is 9.97 Å². The van der Waals surface area contributed by atoms with Gasteiger partial charge in [-0.15, -0.1) is 0 Å². The minimum Gasteiger partial charge on any atom is -0.244 e. The van der Waals surface area contributed by atoms with Gasteiger partial charge in [-0.3, -0.25) is 0 Å². The molecule has 0 amide bonds. The van der Waals surface area contributed by atoms with Gasteiger partial charge < -0.3 is 0 Å². The second kappa shape index (κ2) is 6.63. The van der Waals surface area contributed by atoms with E-state index in [9.17, 15) is 0 Å². The Morgan fingerprint density at radius 2 is 1.38 bits per heavy atom. The van der Waals surface area contributed by atoms with Gasteiger partial charge in [-0.2, -0.15) is 0 Å². The first-order chi connectivity index (χ1) is 11.9. The normalized spacial score (nSPS) is 13.6. The molecule has 2 aromatic carbocycles. The first kappa shape index (κ1) is 14.6. The molecule has 1 heterocycles. The van der Waals surface area contributed by atoms with Gasteiger partial charge in [0.15, 0.2) is 0 Å². The summed E-state index contributed by atoms with van der Waals surface area (Å²) in [6.07, 6.45) is 14.3. The van der Waals surface area contributed by atoms with Crippen LogP contribution >= 0.6 is 0 Å². The van der Waals surface area contributed by atoms with Crippen LogP contribution in [0.15, 0.2) is 85.5 Å². The highest BCUT2D eigenvalue weighted by Gasteiger charge is 2.09. The zero-order chi connectivity index (χ0) is 16.2. The molecule has 0 bridgehead atoms. The second-order valence-corrected chi connectivity index (χ2v) is 5.93. The zero-order valence-electron chi connectivity index (χ0n) is 13.4. The number of aromatic nitrogens is 2. The van der Waals surface area contributed by atoms with E-state index >= 15 is 0 Å². The molecule has 0 atom stereocenters. The monoisotopic (exact) mass is 310 g/mol. The Morgan fingerprint density at radius 1 is 0.667 bits per heavy atom. The van der Waals surface area contributed by atoms with Gasteiger partial charge in [0.2, 0.25) is 0 Å². The molecule has 1 aliphatic carbocycles. The number of benzene rings is 2. The highest BCUT2D eigenvalue weighted by Crippen LogP contribution is 2.32.